The van der Waals surface area contributed by atoms with E-state index >= 15 is 0 Å². The lowest BCUT2D eigenvalue weighted by Gasteiger charge is -2.01. The van der Waals surface area contributed by atoms with Crippen molar-refractivity contribution in [2.24, 2.45) is 10.7 Å². The predicted molar refractivity (Wildman–Crippen MR) is 65.7 cm³/mol. The van der Waals surface area contributed by atoms with Crippen LogP contribution < -0.4 is 5.73 Å². The second kappa shape index (κ2) is 3.93. The summed E-state index contributed by atoms with van der Waals surface area (Å²) in [6.45, 7) is 3.56. The highest BCUT2D eigenvalue weighted by Gasteiger charge is 2.12. The Labute approximate surface area is 94.7 Å². The van der Waals surface area contributed by atoms with Crippen molar-refractivity contribution in [1.29, 1.82) is 0 Å². The number of aryl methyl sites for hydroxylation is 1. The summed E-state index contributed by atoms with van der Waals surface area (Å²) in [5.74, 6) is 0.539. The van der Waals surface area contributed by atoms with Gasteiger partial charge in [-0.15, -0.1) is 0 Å². The molecule has 0 aliphatic carbocycles. The third-order valence-electron chi connectivity index (χ3n) is 2.60. The lowest BCUT2D eigenvalue weighted by molar-refractivity contribution is -0.113. The van der Waals surface area contributed by atoms with Crippen LogP contribution in [0.1, 0.15) is 24.5 Å². The second-order valence-electron chi connectivity index (χ2n) is 4.07. The van der Waals surface area contributed by atoms with E-state index in [4.69, 9.17) is 5.73 Å². The number of nitrogens with two attached hydrogens (primary N) is 1. The molecular formula is C13H14N2O. The molecule has 2 rings (SSSR count). The molecule has 1 aliphatic rings. The Kier molecular flexibility index (Phi) is 2.60. The number of Topliss-reactive ketones (excluding diaryl/α,β-unsaturated/α-hetero) is 1. The second-order valence-corrected chi connectivity index (χ2v) is 4.07. The number of hydrogen-bond donors (Lipinski definition) is 1. The molecule has 0 radical (unpaired) electrons. The standard InChI is InChI=1S/C13H14N2O/c1-8-3-4-10-6-11(9(2)16)7-13(14)15-12(10)5-8/h3-6H,7H2,1-2H3,(H2,14,15). The summed E-state index contributed by atoms with van der Waals surface area (Å²) in [5, 5.41) is 0. The van der Waals surface area contributed by atoms with Crippen LogP contribution in [-0.4, -0.2) is 11.6 Å². The highest BCUT2D eigenvalue weighted by molar-refractivity contribution is 6.05. The minimum atomic E-state index is 0.0478. The fourth-order valence-electron chi connectivity index (χ4n) is 1.73. The molecule has 0 saturated carbocycles. The first-order chi connectivity index (χ1) is 7.56. The van der Waals surface area contributed by atoms with Crippen LogP contribution in [0.2, 0.25) is 0 Å². The number of ketones is 1. The molecule has 0 bridgehead atoms. The molecule has 1 aromatic carbocycles. The number of rotatable bonds is 1. The molecule has 0 unspecified atom stereocenters. The maximum absolute atomic E-state index is 11.4. The zero-order valence-electron chi connectivity index (χ0n) is 9.45. The smallest absolute Gasteiger partial charge is 0.156 e. The van der Waals surface area contributed by atoms with E-state index < -0.39 is 0 Å². The van der Waals surface area contributed by atoms with Gasteiger partial charge < -0.3 is 5.73 Å². The van der Waals surface area contributed by atoms with Gasteiger partial charge in [-0.1, -0.05) is 12.1 Å². The lowest BCUT2D eigenvalue weighted by atomic mass is 10.0. The van der Waals surface area contributed by atoms with Gasteiger partial charge in [0.25, 0.3) is 0 Å². The van der Waals surface area contributed by atoms with Crippen molar-refractivity contribution in [3.05, 3.63) is 34.9 Å². The number of fused-ring (bicyclic) bond motifs is 1. The minimum absolute atomic E-state index is 0.0478. The van der Waals surface area contributed by atoms with Gasteiger partial charge in [0.15, 0.2) is 5.78 Å². The molecule has 0 amide bonds. The molecule has 0 spiro atoms. The van der Waals surface area contributed by atoms with E-state index in [0.717, 1.165) is 16.8 Å². The molecule has 1 heterocycles. The van der Waals surface area contributed by atoms with Gasteiger partial charge in [0.05, 0.1) is 5.69 Å². The van der Waals surface area contributed by atoms with Crippen molar-refractivity contribution < 1.29 is 4.79 Å². The van der Waals surface area contributed by atoms with Crippen LogP contribution in [-0.2, 0) is 4.79 Å². The maximum Gasteiger partial charge on any atom is 0.156 e. The molecular weight excluding hydrogens is 200 g/mol. The fraction of sp³-hybridized carbons (Fsp3) is 0.231. The summed E-state index contributed by atoms with van der Waals surface area (Å²) in [4.78, 5) is 15.7. The Hall–Kier alpha value is -1.90. The van der Waals surface area contributed by atoms with Crippen molar-refractivity contribution in [1.82, 2.24) is 0 Å². The van der Waals surface area contributed by atoms with E-state index in [1.54, 1.807) is 6.92 Å². The molecule has 0 aromatic heterocycles. The van der Waals surface area contributed by atoms with Gasteiger partial charge in [0.1, 0.15) is 5.84 Å². The highest BCUT2D eigenvalue weighted by atomic mass is 16.1. The zero-order chi connectivity index (χ0) is 11.7. The van der Waals surface area contributed by atoms with Crippen LogP contribution in [0.4, 0.5) is 5.69 Å². The number of benzene rings is 1. The van der Waals surface area contributed by atoms with E-state index in [1.165, 1.54) is 0 Å². The lowest BCUT2D eigenvalue weighted by Crippen LogP contribution is -2.13. The molecule has 3 nitrogen and oxygen atoms in total. The minimum Gasteiger partial charge on any atom is -0.387 e. The quantitative estimate of drug-likeness (QED) is 0.780. The molecule has 0 atom stereocenters. The topological polar surface area (TPSA) is 55.5 Å². The van der Waals surface area contributed by atoms with Gasteiger partial charge >= 0.3 is 0 Å². The van der Waals surface area contributed by atoms with Crippen LogP contribution >= 0.6 is 0 Å². The number of aliphatic imine (C=N–C) groups is 1. The van der Waals surface area contributed by atoms with E-state index in [0.29, 0.717) is 17.8 Å². The SMILES string of the molecule is CC(=O)C1=Cc2ccc(C)cc2N=C(N)C1. The van der Waals surface area contributed by atoms with Gasteiger partial charge in [0.2, 0.25) is 0 Å². The van der Waals surface area contributed by atoms with Crippen molar-refractivity contribution >= 4 is 23.4 Å². The average Bonchev–Trinajstić information content (AvgIpc) is 2.35. The van der Waals surface area contributed by atoms with Crippen molar-refractivity contribution in [2.45, 2.75) is 20.3 Å². The summed E-state index contributed by atoms with van der Waals surface area (Å²) in [7, 11) is 0. The van der Waals surface area contributed by atoms with E-state index in [9.17, 15) is 4.79 Å². The van der Waals surface area contributed by atoms with Gasteiger partial charge in [-0.05, 0) is 31.6 Å². The van der Waals surface area contributed by atoms with Gasteiger partial charge in [-0.3, -0.25) is 4.79 Å². The molecule has 82 valence electrons. The Bertz CT molecular complexity index is 513. The molecule has 3 heteroatoms. The van der Waals surface area contributed by atoms with Crippen LogP contribution in [0.3, 0.4) is 0 Å². The molecule has 1 aliphatic heterocycles. The van der Waals surface area contributed by atoms with E-state index in [1.807, 2.05) is 31.2 Å². The van der Waals surface area contributed by atoms with Crippen LogP contribution in [0, 0.1) is 6.92 Å². The molecule has 0 saturated heterocycles. The van der Waals surface area contributed by atoms with Gasteiger partial charge in [-0.25, -0.2) is 4.99 Å². The van der Waals surface area contributed by atoms with Crippen molar-refractivity contribution in [3.8, 4) is 0 Å². The fourth-order valence-corrected chi connectivity index (χ4v) is 1.73. The van der Waals surface area contributed by atoms with Crippen molar-refractivity contribution in [2.75, 3.05) is 0 Å². The number of hydrogen-bond acceptors (Lipinski definition) is 3. The summed E-state index contributed by atoms with van der Waals surface area (Å²) in [5.41, 5.74) is 9.43. The summed E-state index contributed by atoms with van der Waals surface area (Å²) < 4.78 is 0. The Morgan fingerprint density at radius 2 is 2.19 bits per heavy atom. The van der Waals surface area contributed by atoms with Crippen LogP contribution in [0.5, 0.6) is 0 Å². The third kappa shape index (κ3) is 2.03. The van der Waals surface area contributed by atoms with Crippen molar-refractivity contribution in [3.63, 3.8) is 0 Å². The summed E-state index contributed by atoms with van der Waals surface area (Å²) in [6.07, 6.45) is 2.31. The highest BCUT2D eigenvalue weighted by Crippen LogP contribution is 2.27. The van der Waals surface area contributed by atoms with Crippen LogP contribution in [0.25, 0.3) is 6.08 Å². The Balaban J connectivity index is 2.60. The largest absolute Gasteiger partial charge is 0.387 e. The Morgan fingerprint density at radius 3 is 2.88 bits per heavy atom. The predicted octanol–water partition coefficient (Wildman–Crippen LogP) is 2.36. The first-order valence-electron chi connectivity index (χ1n) is 5.21. The number of carbonyl (C=O) groups excluding carboxylic acids is 1. The summed E-state index contributed by atoms with van der Waals surface area (Å²) in [6, 6.07) is 5.95. The number of amidine groups is 1. The Morgan fingerprint density at radius 1 is 1.44 bits per heavy atom. The van der Waals surface area contributed by atoms with E-state index in [-0.39, 0.29) is 5.78 Å². The maximum atomic E-state index is 11.4. The molecule has 1 aromatic rings. The van der Waals surface area contributed by atoms with Crippen LogP contribution in [0.15, 0.2) is 28.8 Å². The normalized spacial score (nSPS) is 14.6. The van der Waals surface area contributed by atoms with Gasteiger partial charge in [0, 0.05) is 17.6 Å². The molecule has 2 N–H and O–H groups in total. The first-order valence-corrected chi connectivity index (χ1v) is 5.21. The number of nitrogens with zero attached hydrogens (tertiary/aromatic N) is 1. The summed E-state index contributed by atoms with van der Waals surface area (Å²) >= 11 is 0. The number of carbonyl (C=O) groups is 1. The van der Waals surface area contributed by atoms with Gasteiger partial charge in [-0.2, -0.15) is 0 Å². The monoisotopic (exact) mass is 214 g/mol. The molecule has 0 fully saturated rings. The third-order valence-corrected chi connectivity index (χ3v) is 2.60. The molecule has 16 heavy (non-hydrogen) atoms. The average molecular weight is 214 g/mol. The first kappa shape index (κ1) is 10.6. The zero-order valence-corrected chi connectivity index (χ0v) is 9.45. The van der Waals surface area contributed by atoms with E-state index in [2.05, 4.69) is 4.99 Å².